The summed E-state index contributed by atoms with van der Waals surface area (Å²) in [6, 6.07) is -1.00. The van der Waals surface area contributed by atoms with E-state index in [-0.39, 0.29) is 5.91 Å². The van der Waals surface area contributed by atoms with Crippen molar-refractivity contribution >= 4 is 17.7 Å². The first-order valence-corrected chi connectivity index (χ1v) is 19.6. The van der Waals surface area contributed by atoms with Crippen LogP contribution in [-0.2, 0) is 19.1 Å². The second-order valence-corrected chi connectivity index (χ2v) is 13.7. The zero-order valence-electron chi connectivity index (χ0n) is 30.8. The molecule has 0 aromatic heterocycles. The Morgan fingerprint density at radius 1 is 0.587 bits per heavy atom. The Labute approximate surface area is 284 Å². The number of ether oxygens (including phenoxy) is 1. The first kappa shape index (κ1) is 44.3. The van der Waals surface area contributed by atoms with Crippen LogP contribution in [0.1, 0.15) is 207 Å². The van der Waals surface area contributed by atoms with Crippen molar-refractivity contribution in [2.45, 2.75) is 226 Å². The van der Waals surface area contributed by atoms with Gasteiger partial charge in [0.25, 0.3) is 0 Å². The van der Waals surface area contributed by atoms with Gasteiger partial charge >= 0.3 is 5.97 Å². The van der Waals surface area contributed by atoms with Gasteiger partial charge in [-0.05, 0) is 32.3 Å². The highest BCUT2D eigenvalue weighted by atomic mass is 16.5. The lowest BCUT2D eigenvalue weighted by Crippen LogP contribution is -2.53. The van der Waals surface area contributed by atoms with Crippen molar-refractivity contribution in [3.8, 4) is 0 Å². The monoisotopic (exact) mass is 650 g/mol. The third kappa shape index (κ3) is 28.5. The highest BCUT2D eigenvalue weighted by molar-refractivity contribution is 5.83. The van der Waals surface area contributed by atoms with Crippen molar-refractivity contribution in [1.82, 2.24) is 5.32 Å². The summed E-state index contributed by atoms with van der Waals surface area (Å²) in [4.78, 5) is 36.7. The van der Waals surface area contributed by atoms with E-state index in [1.54, 1.807) is 6.08 Å². The molecule has 0 bridgehead atoms. The molecule has 270 valence electrons. The van der Waals surface area contributed by atoms with Gasteiger partial charge in [-0.3, -0.25) is 14.4 Å². The van der Waals surface area contributed by atoms with Gasteiger partial charge in [0.1, 0.15) is 18.2 Å². The maximum Gasteiger partial charge on any atom is 0.303 e. The number of esters is 1. The maximum absolute atomic E-state index is 12.8. The zero-order valence-corrected chi connectivity index (χ0v) is 30.8. The van der Waals surface area contributed by atoms with Gasteiger partial charge in [-0.25, -0.2) is 0 Å². The van der Waals surface area contributed by atoms with E-state index in [2.05, 4.69) is 19.2 Å². The van der Waals surface area contributed by atoms with Crippen molar-refractivity contribution in [3.63, 3.8) is 0 Å². The fourth-order valence-electron chi connectivity index (χ4n) is 6.09. The van der Waals surface area contributed by atoms with Gasteiger partial charge in [0.05, 0.1) is 0 Å². The van der Waals surface area contributed by atoms with Crippen molar-refractivity contribution < 1.29 is 24.2 Å². The first-order valence-electron chi connectivity index (χ1n) is 19.6. The van der Waals surface area contributed by atoms with Crippen LogP contribution >= 0.6 is 0 Å². The summed E-state index contributed by atoms with van der Waals surface area (Å²) < 4.78 is 5.47. The summed E-state index contributed by atoms with van der Waals surface area (Å²) in [5.74, 6) is -1.20. The average molecular weight is 650 g/mol. The molecule has 0 aromatic carbocycles. The molecular weight excluding hydrogens is 574 g/mol. The number of amides is 1. The minimum absolute atomic E-state index is 0.226. The predicted octanol–water partition coefficient (Wildman–Crippen LogP) is 10.9. The quantitative estimate of drug-likeness (QED) is 0.0411. The zero-order chi connectivity index (χ0) is 34.1. The summed E-state index contributed by atoms with van der Waals surface area (Å²) in [5.41, 5.74) is 0. The topological polar surface area (TPSA) is 92.7 Å². The Balaban J connectivity index is 4.33. The second kappa shape index (κ2) is 33.2. The van der Waals surface area contributed by atoms with Crippen LogP contribution in [0.15, 0.2) is 12.2 Å². The first-order chi connectivity index (χ1) is 22.3. The molecule has 0 spiro atoms. The van der Waals surface area contributed by atoms with E-state index in [1.807, 2.05) is 6.08 Å². The highest BCUT2D eigenvalue weighted by Crippen LogP contribution is 2.16. The number of rotatable bonds is 34. The van der Waals surface area contributed by atoms with Gasteiger partial charge in [0.2, 0.25) is 5.91 Å². The minimum atomic E-state index is -1.44. The number of hydrogen-bond acceptors (Lipinski definition) is 5. The summed E-state index contributed by atoms with van der Waals surface area (Å²) in [6.45, 7) is 7.11. The lowest BCUT2D eigenvalue weighted by molar-refractivity contribution is -0.149. The molecule has 0 aliphatic rings. The molecule has 2 N–H and O–H groups in total. The number of carbonyl (C=O) groups is 3. The SMILES string of the molecule is CCCCCCCCCCCCCC=CC(OC(C)=O)C(NC(=O)CCCCCCCCCCCCCCCCC)C(O)C(C)=O. The number of aliphatic hydroxyl groups excluding tert-OH is 1. The number of hydrogen-bond donors (Lipinski definition) is 2. The van der Waals surface area contributed by atoms with Crippen LogP contribution < -0.4 is 5.32 Å². The molecule has 1 amide bonds. The van der Waals surface area contributed by atoms with Gasteiger partial charge < -0.3 is 15.2 Å². The Kier molecular flexibility index (Phi) is 32.0. The molecular formula is C40H75NO5. The van der Waals surface area contributed by atoms with Crippen LogP contribution in [0.4, 0.5) is 0 Å². The molecule has 6 heteroatoms. The number of carbonyl (C=O) groups excluding carboxylic acids is 3. The fourth-order valence-corrected chi connectivity index (χ4v) is 6.09. The third-order valence-electron chi connectivity index (χ3n) is 9.05. The van der Waals surface area contributed by atoms with E-state index in [0.29, 0.717) is 6.42 Å². The minimum Gasteiger partial charge on any atom is -0.456 e. The summed E-state index contributed by atoms with van der Waals surface area (Å²) in [5, 5.41) is 13.4. The van der Waals surface area contributed by atoms with Crippen molar-refractivity contribution in [1.29, 1.82) is 0 Å². The van der Waals surface area contributed by atoms with E-state index in [9.17, 15) is 19.5 Å². The number of nitrogens with one attached hydrogen (secondary N) is 1. The summed E-state index contributed by atoms with van der Waals surface area (Å²) >= 11 is 0. The van der Waals surface area contributed by atoms with E-state index in [4.69, 9.17) is 4.74 Å². The fraction of sp³-hybridized carbons (Fsp3) is 0.875. The van der Waals surface area contributed by atoms with E-state index >= 15 is 0 Å². The van der Waals surface area contributed by atoms with Crippen molar-refractivity contribution in [2.24, 2.45) is 0 Å². The largest absolute Gasteiger partial charge is 0.456 e. The van der Waals surface area contributed by atoms with Crippen LogP contribution in [0.2, 0.25) is 0 Å². The molecule has 3 atom stereocenters. The summed E-state index contributed by atoms with van der Waals surface area (Å²) in [6.07, 6.45) is 35.4. The molecule has 0 aliphatic heterocycles. The molecule has 0 fully saturated rings. The standard InChI is InChI=1S/C40H75NO5/c1-5-7-9-11-13-15-17-19-20-22-24-26-28-30-32-34-38(44)41-39(40(45)35(3)42)37(46-36(4)43)33-31-29-27-25-23-21-18-16-14-12-10-8-6-2/h31,33,37,39-40,45H,5-30,32,34H2,1-4H3,(H,41,44). The lowest BCUT2D eigenvalue weighted by Gasteiger charge is -2.28. The van der Waals surface area contributed by atoms with E-state index < -0.39 is 30.0 Å². The van der Waals surface area contributed by atoms with Crippen molar-refractivity contribution in [2.75, 3.05) is 0 Å². The normalized spacial score (nSPS) is 13.5. The Morgan fingerprint density at radius 3 is 1.33 bits per heavy atom. The second-order valence-electron chi connectivity index (χ2n) is 13.7. The molecule has 0 aromatic rings. The third-order valence-corrected chi connectivity index (χ3v) is 9.05. The number of ketones is 1. The Bertz CT molecular complexity index is 752. The van der Waals surface area contributed by atoms with Crippen LogP contribution in [0.3, 0.4) is 0 Å². The van der Waals surface area contributed by atoms with Gasteiger partial charge in [-0.2, -0.15) is 0 Å². The molecule has 0 aliphatic carbocycles. The number of unbranched alkanes of at least 4 members (excludes halogenated alkanes) is 25. The number of aliphatic hydroxyl groups is 1. The lowest BCUT2D eigenvalue weighted by atomic mass is 9.99. The molecule has 0 radical (unpaired) electrons. The summed E-state index contributed by atoms with van der Waals surface area (Å²) in [7, 11) is 0. The molecule has 6 nitrogen and oxygen atoms in total. The molecule has 0 rings (SSSR count). The Hall–Kier alpha value is -1.69. The van der Waals surface area contributed by atoms with Gasteiger partial charge in [0, 0.05) is 13.3 Å². The van der Waals surface area contributed by atoms with E-state index in [0.717, 1.165) is 38.5 Å². The van der Waals surface area contributed by atoms with Crippen LogP contribution in [0, 0.1) is 0 Å². The van der Waals surface area contributed by atoms with Gasteiger partial charge in [-0.15, -0.1) is 0 Å². The number of allylic oxidation sites excluding steroid dienone is 1. The molecule has 3 unspecified atom stereocenters. The van der Waals surface area contributed by atoms with Gasteiger partial charge in [-0.1, -0.05) is 174 Å². The predicted molar refractivity (Wildman–Crippen MR) is 194 cm³/mol. The Morgan fingerprint density at radius 2 is 0.957 bits per heavy atom. The average Bonchev–Trinajstić information content (AvgIpc) is 3.02. The smallest absolute Gasteiger partial charge is 0.303 e. The maximum atomic E-state index is 12.8. The molecule has 0 heterocycles. The van der Waals surface area contributed by atoms with Crippen LogP contribution in [0.25, 0.3) is 0 Å². The number of Topliss-reactive ketones (excluding diaryl/α,β-unsaturated/α-hetero) is 1. The van der Waals surface area contributed by atoms with E-state index in [1.165, 1.54) is 149 Å². The van der Waals surface area contributed by atoms with Gasteiger partial charge in [0.15, 0.2) is 5.78 Å². The van der Waals surface area contributed by atoms with Crippen LogP contribution in [0.5, 0.6) is 0 Å². The molecule has 0 saturated heterocycles. The molecule has 46 heavy (non-hydrogen) atoms. The van der Waals surface area contributed by atoms with Crippen LogP contribution in [-0.4, -0.2) is 41.0 Å². The highest BCUT2D eigenvalue weighted by Gasteiger charge is 2.33. The van der Waals surface area contributed by atoms with Crippen molar-refractivity contribution in [3.05, 3.63) is 12.2 Å². The molecule has 0 saturated carbocycles.